The van der Waals surface area contributed by atoms with Gasteiger partial charge in [-0.2, -0.15) is 0 Å². The molecular weight excluding hydrogens is 272 g/mol. The van der Waals surface area contributed by atoms with Crippen molar-refractivity contribution >= 4 is 0 Å². The minimum Gasteiger partial charge on any atom is -0.393 e. The first kappa shape index (κ1) is 15.4. The fraction of sp³-hybridized carbons (Fsp3) is 1.00. The summed E-state index contributed by atoms with van der Waals surface area (Å²) in [5.41, 5.74) is 0.504. The summed E-state index contributed by atoms with van der Waals surface area (Å²) in [5, 5.41) is 20.7. The molecule has 2 heteroatoms. The zero-order valence-corrected chi connectivity index (χ0v) is 14.7. The molecule has 4 fully saturated rings. The average Bonchev–Trinajstić information content (AvgIpc) is 2.65. The number of rotatable bonds is 1. The van der Waals surface area contributed by atoms with E-state index in [0.717, 1.165) is 24.7 Å². The van der Waals surface area contributed by atoms with Crippen LogP contribution < -0.4 is 0 Å². The lowest BCUT2D eigenvalue weighted by Gasteiger charge is -2.64. The van der Waals surface area contributed by atoms with Crippen molar-refractivity contribution in [3.8, 4) is 0 Å². The molecule has 0 aromatic carbocycles. The van der Waals surface area contributed by atoms with Crippen LogP contribution in [0.25, 0.3) is 0 Å². The molecule has 0 aromatic heterocycles. The molecule has 4 aliphatic rings. The second kappa shape index (κ2) is 4.51. The highest BCUT2D eigenvalue weighted by Gasteiger charge is 2.66. The van der Waals surface area contributed by atoms with E-state index >= 15 is 0 Å². The molecule has 0 saturated heterocycles. The van der Waals surface area contributed by atoms with E-state index < -0.39 is 5.60 Å². The fourth-order valence-corrected chi connectivity index (χ4v) is 8.13. The first-order chi connectivity index (χ1) is 10.3. The van der Waals surface area contributed by atoms with Gasteiger partial charge in [0.2, 0.25) is 0 Å². The molecule has 2 N–H and O–H groups in total. The third kappa shape index (κ3) is 1.80. The largest absolute Gasteiger partial charge is 0.393 e. The van der Waals surface area contributed by atoms with E-state index in [4.69, 9.17) is 0 Å². The summed E-state index contributed by atoms with van der Waals surface area (Å²) in [4.78, 5) is 0. The molecule has 2 nitrogen and oxygen atoms in total. The molecule has 0 aromatic rings. The maximum absolute atomic E-state index is 10.9. The van der Waals surface area contributed by atoms with Crippen LogP contribution in [-0.2, 0) is 0 Å². The lowest BCUT2D eigenvalue weighted by molar-refractivity contribution is -0.145. The molecule has 4 aliphatic carbocycles. The zero-order chi connectivity index (χ0) is 15.8. The van der Waals surface area contributed by atoms with Crippen LogP contribution in [0.3, 0.4) is 0 Å². The van der Waals surface area contributed by atoms with E-state index in [1.807, 2.05) is 0 Å². The van der Waals surface area contributed by atoms with E-state index in [2.05, 4.69) is 20.8 Å². The third-order valence-electron chi connectivity index (χ3n) is 8.89. The van der Waals surface area contributed by atoms with E-state index in [0.29, 0.717) is 22.2 Å². The van der Waals surface area contributed by atoms with Crippen LogP contribution in [0.1, 0.15) is 78.6 Å². The van der Waals surface area contributed by atoms with Gasteiger partial charge in [0.15, 0.2) is 0 Å². The quantitative estimate of drug-likeness (QED) is 0.764. The molecule has 0 heterocycles. The molecule has 0 aliphatic heterocycles. The number of aliphatic hydroxyl groups excluding tert-OH is 1. The molecular formula is C20H34O2. The lowest BCUT2D eigenvalue weighted by atomic mass is 9.41. The molecule has 1 spiro atoms. The van der Waals surface area contributed by atoms with Crippen molar-refractivity contribution in [3.05, 3.63) is 0 Å². The maximum atomic E-state index is 10.9. The molecule has 22 heavy (non-hydrogen) atoms. The van der Waals surface area contributed by atoms with Crippen LogP contribution in [0.4, 0.5) is 0 Å². The van der Waals surface area contributed by atoms with Crippen LogP contribution >= 0.6 is 0 Å². The van der Waals surface area contributed by atoms with Crippen LogP contribution in [0.5, 0.6) is 0 Å². The Morgan fingerprint density at radius 1 is 0.955 bits per heavy atom. The highest BCUT2D eigenvalue weighted by molar-refractivity contribution is 5.16. The summed E-state index contributed by atoms with van der Waals surface area (Å²) in [6, 6.07) is 0. The van der Waals surface area contributed by atoms with Gasteiger partial charge in [-0.15, -0.1) is 0 Å². The van der Waals surface area contributed by atoms with Crippen LogP contribution in [-0.4, -0.2) is 22.4 Å². The van der Waals surface area contributed by atoms with Gasteiger partial charge < -0.3 is 10.2 Å². The molecule has 2 bridgehead atoms. The number of fused-ring (bicyclic) bond motifs is 3. The van der Waals surface area contributed by atoms with Gasteiger partial charge in [0, 0.05) is 0 Å². The van der Waals surface area contributed by atoms with Gasteiger partial charge in [-0.1, -0.05) is 27.2 Å². The average molecular weight is 306 g/mol. The van der Waals surface area contributed by atoms with Crippen molar-refractivity contribution in [2.45, 2.75) is 84.2 Å². The minimum absolute atomic E-state index is 0.0300. The van der Waals surface area contributed by atoms with Gasteiger partial charge in [-0.25, -0.2) is 0 Å². The normalized spacial score (nSPS) is 56.3. The smallest absolute Gasteiger partial charge is 0.0910 e. The first-order valence-corrected chi connectivity index (χ1v) is 9.59. The SMILES string of the molecule is CC1(C)CCC[C@]2(C)[C@@H]1CC[C@@]13C[C@H](CC[C@H]12)[C@](O)(CO)C3. The summed E-state index contributed by atoms with van der Waals surface area (Å²) in [5.74, 6) is 1.98. The Balaban J connectivity index is 1.72. The van der Waals surface area contributed by atoms with Gasteiger partial charge in [-0.05, 0) is 85.4 Å². The Morgan fingerprint density at radius 3 is 2.45 bits per heavy atom. The number of hydrogen-bond acceptors (Lipinski definition) is 2. The maximum Gasteiger partial charge on any atom is 0.0910 e. The van der Waals surface area contributed by atoms with E-state index in [1.165, 1.54) is 44.9 Å². The molecule has 4 saturated carbocycles. The van der Waals surface area contributed by atoms with E-state index in [1.54, 1.807) is 0 Å². The summed E-state index contributed by atoms with van der Waals surface area (Å²) < 4.78 is 0. The lowest BCUT2D eigenvalue weighted by Crippen LogP contribution is -2.55. The zero-order valence-electron chi connectivity index (χ0n) is 14.7. The highest BCUT2D eigenvalue weighted by Crippen LogP contribution is 2.72. The highest BCUT2D eigenvalue weighted by atomic mass is 16.3. The van der Waals surface area contributed by atoms with Gasteiger partial charge in [0.05, 0.1) is 12.2 Å². The van der Waals surface area contributed by atoms with Crippen molar-refractivity contribution < 1.29 is 10.2 Å². The van der Waals surface area contributed by atoms with E-state index in [9.17, 15) is 10.2 Å². The molecule has 0 unspecified atom stereocenters. The van der Waals surface area contributed by atoms with Crippen molar-refractivity contribution in [2.24, 2.45) is 34.0 Å². The van der Waals surface area contributed by atoms with Gasteiger partial charge in [0.25, 0.3) is 0 Å². The van der Waals surface area contributed by atoms with Crippen molar-refractivity contribution in [3.63, 3.8) is 0 Å². The summed E-state index contributed by atoms with van der Waals surface area (Å²) in [7, 11) is 0. The monoisotopic (exact) mass is 306 g/mol. The van der Waals surface area contributed by atoms with Crippen molar-refractivity contribution in [1.82, 2.24) is 0 Å². The Hall–Kier alpha value is -0.0800. The number of aliphatic hydroxyl groups is 2. The Morgan fingerprint density at radius 2 is 1.73 bits per heavy atom. The van der Waals surface area contributed by atoms with Crippen molar-refractivity contribution in [1.29, 1.82) is 0 Å². The predicted molar refractivity (Wildman–Crippen MR) is 88.4 cm³/mol. The number of hydrogen-bond donors (Lipinski definition) is 2. The molecule has 6 atom stereocenters. The van der Waals surface area contributed by atoms with Crippen molar-refractivity contribution in [2.75, 3.05) is 6.61 Å². The summed E-state index contributed by atoms with van der Waals surface area (Å²) in [6.07, 6.45) is 11.2. The van der Waals surface area contributed by atoms with Gasteiger partial charge >= 0.3 is 0 Å². The predicted octanol–water partition coefficient (Wildman–Crippen LogP) is 4.14. The third-order valence-corrected chi connectivity index (χ3v) is 8.89. The summed E-state index contributed by atoms with van der Waals surface area (Å²) in [6.45, 7) is 7.55. The molecule has 126 valence electrons. The van der Waals surface area contributed by atoms with Crippen LogP contribution in [0, 0.1) is 34.0 Å². The Labute approximate surface area is 135 Å². The second-order valence-electron chi connectivity index (χ2n) is 10.3. The molecule has 4 rings (SSSR count). The fourth-order valence-electron chi connectivity index (χ4n) is 8.13. The van der Waals surface area contributed by atoms with Crippen LogP contribution in [0.15, 0.2) is 0 Å². The minimum atomic E-state index is -0.776. The van der Waals surface area contributed by atoms with E-state index in [-0.39, 0.29) is 6.61 Å². The standard InChI is InChI=1S/C20H34O2/c1-17(2)8-4-9-18(3)15(17)7-10-19-11-14(5-6-16(18)19)20(22,12-19)13-21/h14-16,21-22H,4-13H2,1-3H3/t14-,15+,16-,18+,19-,20+/m0/s1. The Bertz CT molecular complexity index is 472. The van der Waals surface area contributed by atoms with Gasteiger partial charge in [0.1, 0.15) is 0 Å². The summed E-state index contributed by atoms with van der Waals surface area (Å²) >= 11 is 0. The molecule has 0 radical (unpaired) electrons. The second-order valence-corrected chi connectivity index (χ2v) is 10.3. The topological polar surface area (TPSA) is 40.5 Å². The molecule has 0 amide bonds. The van der Waals surface area contributed by atoms with Gasteiger partial charge in [-0.3, -0.25) is 0 Å². The first-order valence-electron chi connectivity index (χ1n) is 9.59. The Kier molecular flexibility index (Phi) is 3.16. The van der Waals surface area contributed by atoms with Crippen LogP contribution in [0.2, 0.25) is 0 Å².